The molecule has 1 aliphatic rings. The number of hydrogen-bond donors (Lipinski definition) is 0. The van der Waals surface area contributed by atoms with Crippen LogP contribution in [-0.2, 0) is 14.8 Å². The average Bonchev–Trinajstić information content (AvgIpc) is 3.16. The minimum atomic E-state index is -1.49. The van der Waals surface area contributed by atoms with E-state index < -0.39 is 22.2 Å². The molecule has 1 fully saturated rings. The van der Waals surface area contributed by atoms with Gasteiger partial charge in [0.25, 0.3) is 0 Å². The second kappa shape index (κ2) is 8.72. The zero-order valence-corrected chi connectivity index (χ0v) is 18.5. The lowest BCUT2D eigenvalue weighted by Gasteiger charge is -2.34. The number of amides is 2. The Morgan fingerprint density at radius 2 is 1.81 bits per heavy atom. The number of thiazole rings is 1. The van der Waals surface area contributed by atoms with Crippen LogP contribution in [0.2, 0.25) is 0 Å². The van der Waals surface area contributed by atoms with Crippen molar-refractivity contribution in [2.24, 2.45) is 4.36 Å². The highest BCUT2D eigenvalue weighted by molar-refractivity contribution is 7.77. The number of aromatic nitrogens is 1. The number of carbonyl (C=O) groups excluding carboxylic acids is 1. The molecule has 1 aromatic heterocycles. The number of nitrogens with zero attached hydrogens (tertiary/aromatic N) is 4. The monoisotopic (exact) mass is 461 g/mol. The summed E-state index contributed by atoms with van der Waals surface area (Å²) in [4.78, 5) is 20.8. The van der Waals surface area contributed by atoms with Crippen LogP contribution in [0.15, 0.2) is 51.0 Å². The van der Waals surface area contributed by atoms with Crippen molar-refractivity contribution < 1.29 is 17.8 Å². The maximum Gasteiger partial charge on any atom is 0.330 e. The van der Waals surface area contributed by atoms with E-state index in [-0.39, 0.29) is 11.6 Å². The summed E-state index contributed by atoms with van der Waals surface area (Å²) in [5, 5.41) is 0.484. The molecule has 0 radical (unpaired) electrons. The van der Waals surface area contributed by atoms with Gasteiger partial charge in [-0.2, -0.15) is 0 Å². The molecule has 0 aliphatic carbocycles. The molecular weight excluding hydrogens is 442 g/mol. The second-order valence-electron chi connectivity index (χ2n) is 6.91. The number of halogens is 2. The van der Waals surface area contributed by atoms with E-state index in [1.807, 2.05) is 0 Å². The van der Waals surface area contributed by atoms with Crippen molar-refractivity contribution >= 4 is 38.8 Å². The lowest BCUT2D eigenvalue weighted by atomic mass is 10.0. The maximum atomic E-state index is 14.1. The molecule has 0 unspecified atom stereocenters. The average molecular weight is 462 g/mol. The molecule has 31 heavy (non-hydrogen) atoms. The van der Waals surface area contributed by atoms with Crippen molar-refractivity contribution in [1.82, 2.24) is 4.98 Å². The molecule has 2 heterocycles. The molecule has 6 nitrogen and oxygen atoms in total. The van der Waals surface area contributed by atoms with Gasteiger partial charge in [-0.05, 0) is 53.4 Å². The first kappa shape index (κ1) is 21.4. The quantitative estimate of drug-likeness (QED) is 0.491. The van der Waals surface area contributed by atoms with Gasteiger partial charge in [0.2, 0.25) is 0 Å². The molecule has 4 rings (SSSR count). The summed E-state index contributed by atoms with van der Waals surface area (Å²) < 4.78 is 43.9. The highest BCUT2D eigenvalue weighted by Gasteiger charge is 2.30. The molecule has 0 saturated carbocycles. The van der Waals surface area contributed by atoms with Crippen molar-refractivity contribution in [2.75, 3.05) is 29.9 Å². The summed E-state index contributed by atoms with van der Waals surface area (Å²) in [6, 6.07) is 9.82. The zero-order chi connectivity index (χ0) is 22.1. The summed E-state index contributed by atoms with van der Waals surface area (Å²) in [5.74, 6) is -1.03. The van der Waals surface area contributed by atoms with Crippen LogP contribution in [0.5, 0.6) is 0 Å². The molecule has 10 heteroatoms. The van der Waals surface area contributed by atoms with Gasteiger partial charge in [0, 0.05) is 37.1 Å². The van der Waals surface area contributed by atoms with Crippen molar-refractivity contribution in [2.45, 2.75) is 17.6 Å². The standard InChI is InChI=1S/C21H19F2N4O2S2/c1-13-19(31(29)24-2)30-20(25-13)27-11-3-10-26(21(27)28)16-7-4-14(5-8-16)17-12-15(22)6-9-18(17)23/h4-9,12H,3,10-11H2,1-2H3/q-1. The Kier molecular flexibility index (Phi) is 6.01. The smallest absolute Gasteiger partial charge is 0.330 e. The molecule has 0 bridgehead atoms. The van der Waals surface area contributed by atoms with Crippen LogP contribution < -0.4 is 9.80 Å². The van der Waals surface area contributed by atoms with Gasteiger partial charge < -0.3 is 8.57 Å². The van der Waals surface area contributed by atoms with Gasteiger partial charge >= 0.3 is 6.03 Å². The highest BCUT2D eigenvalue weighted by atomic mass is 32.2. The summed E-state index contributed by atoms with van der Waals surface area (Å²) in [6.45, 7) is 2.77. The van der Waals surface area contributed by atoms with Gasteiger partial charge in [0.15, 0.2) is 5.13 Å². The number of benzene rings is 2. The molecule has 2 amide bonds. The minimum Gasteiger partial charge on any atom is -0.439 e. The van der Waals surface area contributed by atoms with Gasteiger partial charge in [0.1, 0.15) is 11.6 Å². The fraction of sp³-hybridized carbons (Fsp3) is 0.238. The van der Waals surface area contributed by atoms with Gasteiger partial charge in [-0.25, -0.2) is 18.6 Å². The summed E-state index contributed by atoms with van der Waals surface area (Å²) in [6.07, 6.45) is 0.723. The first-order valence-corrected chi connectivity index (χ1v) is 11.4. The first-order valence-electron chi connectivity index (χ1n) is 9.52. The van der Waals surface area contributed by atoms with Crippen LogP contribution in [0.25, 0.3) is 11.1 Å². The Bertz CT molecular complexity index is 1220. The lowest BCUT2D eigenvalue weighted by molar-refractivity contribution is 0.248. The van der Waals surface area contributed by atoms with Gasteiger partial charge in [-0.1, -0.05) is 12.1 Å². The third-order valence-electron chi connectivity index (χ3n) is 4.94. The molecule has 162 valence electrons. The van der Waals surface area contributed by atoms with E-state index in [1.54, 1.807) is 41.0 Å². The largest absolute Gasteiger partial charge is 0.439 e. The molecule has 0 atom stereocenters. The molecular formula is C21H19F2N4O2S2-. The molecule has 0 N–H and O–H groups in total. The minimum absolute atomic E-state index is 0.165. The van der Waals surface area contributed by atoms with Crippen LogP contribution in [0.1, 0.15) is 12.1 Å². The summed E-state index contributed by atoms with van der Waals surface area (Å²) >= 11 is 1.20. The Morgan fingerprint density at radius 1 is 1.10 bits per heavy atom. The molecule has 2 aromatic carbocycles. The molecule has 0 spiro atoms. The lowest BCUT2D eigenvalue weighted by Crippen LogP contribution is -2.49. The van der Waals surface area contributed by atoms with Crippen LogP contribution in [0, 0.1) is 18.6 Å². The number of urea groups is 1. The summed E-state index contributed by atoms with van der Waals surface area (Å²) in [5.41, 5.74) is 1.93. The third kappa shape index (κ3) is 4.17. The van der Waals surface area contributed by atoms with E-state index in [2.05, 4.69) is 9.35 Å². The van der Waals surface area contributed by atoms with Crippen molar-refractivity contribution in [3.8, 4) is 11.1 Å². The second-order valence-corrected chi connectivity index (χ2v) is 9.42. The van der Waals surface area contributed by atoms with Crippen molar-refractivity contribution in [1.29, 1.82) is 0 Å². The third-order valence-corrected chi connectivity index (χ3v) is 7.54. The Hall–Kier alpha value is -2.85. The van der Waals surface area contributed by atoms with E-state index in [4.69, 9.17) is 0 Å². The predicted octanol–water partition coefficient (Wildman–Crippen LogP) is 5.37. The van der Waals surface area contributed by atoms with Gasteiger partial charge in [0.05, 0.1) is 0 Å². The van der Waals surface area contributed by atoms with E-state index >= 15 is 0 Å². The number of carbonyl (C=O) groups is 1. The van der Waals surface area contributed by atoms with Crippen LogP contribution >= 0.6 is 11.3 Å². The van der Waals surface area contributed by atoms with E-state index in [0.29, 0.717) is 39.4 Å². The highest BCUT2D eigenvalue weighted by Crippen LogP contribution is 2.32. The molecule has 3 aromatic rings. The van der Waals surface area contributed by atoms with Gasteiger partial charge in [-0.3, -0.25) is 9.80 Å². The first-order chi connectivity index (χ1) is 14.9. The fourth-order valence-corrected chi connectivity index (χ4v) is 5.43. The number of aryl methyl sites for hydroxylation is 1. The maximum absolute atomic E-state index is 14.1. The fourth-order valence-electron chi connectivity index (χ4n) is 3.41. The van der Waals surface area contributed by atoms with E-state index in [1.165, 1.54) is 18.4 Å². The topological polar surface area (TPSA) is 65.9 Å². The number of rotatable bonds is 4. The number of anilines is 2. The molecule has 1 saturated heterocycles. The Labute approximate surface area is 184 Å². The SMILES string of the molecule is CN=[S-](=O)c1sc(N2CCCN(c3ccc(-c4cc(F)ccc4F)cc3)C2=O)nc1C. The van der Waals surface area contributed by atoms with Crippen molar-refractivity contribution in [3.05, 3.63) is 59.8 Å². The van der Waals surface area contributed by atoms with E-state index in [0.717, 1.165) is 24.6 Å². The Morgan fingerprint density at radius 3 is 2.52 bits per heavy atom. The van der Waals surface area contributed by atoms with Crippen molar-refractivity contribution in [3.63, 3.8) is 0 Å². The van der Waals surface area contributed by atoms with Crippen LogP contribution in [0.3, 0.4) is 0 Å². The van der Waals surface area contributed by atoms with E-state index in [9.17, 15) is 17.8 Å². The number of hydrogen-bond acceptors (Lipinski definition) is 6. The Balaban J connectivity index is 1.60. The zero-order valence-electron chi connectivity index (χ0n) is 16.8. The van der Waals surface area contributed by atoms with Crippen LogP contribution in [-0.4, -0.2) is 31.2 Å². The van der Waals surface area contributed by atoms with Gasteiger partial charge in [-0.15, -0.1) is 21.9 Å². The normalized spacial score (nSPS) is 15.5. The predicted molar refractivity (Wildman–Crippen MR) is 118 cm³/mol. The summed E-state index contributed by atoms with van der Waals surface area (Å²) in [7, 11) is -0.0198. The molecule has 1 aliphatic heterocycles. The van der Waals surface area contributed by atoms with Crippen LogP contribution in [0.4, 0.5) is 24.4 Å².